The summed E-state index contributed by atoms with van der Waals surface area (Å²) in [5.74, 6) is -1.67. The second-order valence-electron chi connectivity index (χ2n) is 6.53. The average Bonchev–Trinajstić information content (AvgIpc) is 3.24. The second-order valence-corrected chi connectivity index (χ2v) is 6.53. The molecular formula is C23H17F2N3O. The minimum atomic E-state index is -0.686. The first-order valence-electron chi connectivity index (χ1n) is 9.03. The number of H-pyrrole nitrogens is 1. The number of halogens is 2. The molecule has 29 heavy (non-hydrogen) atoms. The van der Waals surface area contributed by atoms with E-state index in [1.807, 2.05) is 48.5 Å². The molecule has 0 radical (unpaired) electrons. The topological polar surface area (TPSA) is 57.8 Å². The third-order valence-corrected chi connectivity index (χ3v) is 4.56. The number of hydrogen-bond acceptors (Lipinski definition) is 2. The van der Waals surface area contributed by atoms with Crippen molar-refractivity contribution >= 4 is 5.91 Å². The quantitative estimate of drug-likeness (QED) is 0.507. The maximum Gasteiger partial charge on any atom is 0.251 e. The highest BCUT2D eigenvalue weighted by molar-refractivity contribution is 5.94. The van der Waals surface area contributed by atoms with Gasteiger partial charge in [-0.25, -0.2) is 8.78 Å². The Labute approximate surface area is 166 Å². The van der Waals surface area contributed by atoms with Gasteiger partial charge in [0.15, 0.2) is 0 Å². The molecule has 2 N–H and O–H groups in total. The number of rotatable bonds is 5. The van der Waals surface area contributed by atoms with Crippen LogP contribution < -0.4 is 5.32 Å². The molecule has 0 saturated heterocycles. The number of carbonyl (C=O) groups is 1. The molecule has 4 nitrogen and oxygen atoms in total. The Morgan fingerprint density at radius 3 is 2.38 bits per heavy atom. The van der Waals surface area contributed by atoms with E-state index in [0.29, 0.717) is 5.56 Å². The van der Waals surface area contributed by atoms with Crippen molar-refractivity contribution in [3.8, 4) is 22.5 Å². The maximum absolute atomic E-state index is 13.7. The van der Waals surface area contributed by atoms with Crippen molar-refractivity contribution in [2.75, 3.05) is 0 Å². The largest absolute Gasteiger partial charge is 0.348 e. The fourth-order valence-corrected chi connectivity index (χ4v) is 2.97. The standard InChI is InChI=1S/C23H17F2N3O/c24-19-11-10-18(20(25)12-19)14-26-23(29)17-8-6-16(7-9-17)22-13-21(27-28-22)15-4-2-1-3-5-15/h1-13H,14H2,(H,26,29)(H,27,28). The molecule has 0 aliphatic carbocycles. The first-order valence-corrected chi connectivity index (χ1v) is 9.03. The summed E-state index contributed by atoms with van der Waals surface area (Å²) in [7, 11) is 0. The summed E-state index contributed by atoms with van der Waals surface area (Å²) in [6.45, 7) is -0.0202. The van der Waals surface area contributed by atoms with Crippen LogP contribution in [0.4, 0.5) is 8.78 Å². The van der Waals surface area contributed by atoms with Crippen molar-refractivity contribution in [2.24, 2.45) is 0 Å². The molecule has 3 aromatic carbocycles. The predicted octanol–water partition coefficient (Wildman–Crippen LogP) is 4.95. The van der Waals surface area contributed by atoms with Gasteiger partial charge in [0, 0.05) is 29.3 Å². The first kappa shape index (κ1) is 18.6. The highest BCUT2D eigenvalue weighted by Crippen LogP contribution is 2.24. The average molecular weight is 389 g/mol. The summed E-state index contributed by atoms with van der Waals surface area (Å²) >= 11 is 0. The van der Waals surface area contributed by atoms with Crippen molar-refractivity contribution in [1.29, 1.82) is 0 Å². The number of benzene rings is 3. The van der Waals surface area contributed by atoms with Crippen LogP contribution in [0.5, 0.6) is 0 Å². The third kappa shape index (κ3) is 4.21. The van der Waals surface area contributed by atoms with Crippen LogP contribution in [0.2, 0.25) is 0 Å². The Balaban J connectivity index is 1.44. The molecule has 0 spiro atoms. The van der Waals surface area contributed by atoms with Crippen molar-refractivity contribution in [3.05, 3.63) is 102 Å². The van der Waals surface area contributed by atoms with E-state index in [2.05, 4.69) is 15.5 Å². The van der Waals surface area contributed by atoms with E-state index in [9.17, 15) is 13.6 Å². The molecule has 6 heteroatoms. The van der Waals surface area contributed by atoms with Crippen LogP contribution in [0.25, 0.3) is 22.5 Å². The van der Waals surface area contributed by atoms with Crippen LogP contribution in [0.15, 0.2) is 78.9 Å². The van der Waals surface area contributed by atoms with Gasteiger partial charge in [0.25, 0.3) is 5.91 Å². The first-order chi connectivity index (χ1) is 14.1. The van der Waals surface area contributed by atoms with E-state index in [1.165, 1.54) is 6.07 Å². The Morgan fingerprint density at radius 2 is 1.66 bits per heavy atom. The summed E-state index contributed by atoms with van der Waals surface area (Å²) in [6.07, 6.45) is 0. The molecule has 0 aliphatic rings. The lowest BCUT2D eigenvalue weighted by molar-refractivity contribution is 0.0950. The molecule has 144 valence electrons. The van der Waals surface area contributed by atoms with Gasteiger partial charge in [-0.2, -0.15) is 5.10 Å². The van der Waals surface area contributed by atoms with Gasteiger partial charge in [0.2, 0.25) is 0 Å². The van der Waals surface area contributed by atoms with Crippen LogP contribution in [0, 0.1) is 11.6 Å². The van der Waals surface area contributed by atoms with Crippen LogP contribution in [-0.4, -0.2) is 16.1 Å². The van der Waals surface area contributed by atoms with Crippen molar-refractivity contribution in [2.45, 2.75) is 6.54 Å². The summed E-state index contributed by atoms with van der Waals surface area (Å²) < 4.78 is 26.6. The SMILES string of the molecule is O=C(NCc1ccc(F)cc1F)c1ccc(-c2cc(-c3ccccc3)n[nH]2)cc1. The fraction of sp³-hybridized carbons (Fsp3) is 0.0435. The summed E-state index contributed by atoms with van der Waals surface area (Å²) in [5.41, 5.74) is 4.24. The fourth-order valence-electron chi connectivity index (χ4n) is 2.97. The maximum atomic E-state index is 13.7. The van der Waals surface area contributed by atoms with Crippen molar-refractivity contribution in [1.82, 2.24) is 15.5 Å². The van der Waals surface area contributed by atoms with Gasteiger partial charge in [-0.1, -0.05) is 48.5 Å². The molecular weight excluding hydrogens is 372 g/mol. The number of hydrogen-bond donors (Lipinski definition) is 2. The molecule has 0 bridgehead atoms. The van der Waals surface area contributed by atoms with E-state index < -0.39 is 11.6 Å². The minimum Gasteiger partial charge on any atom is -0.348 e. The van der Waals surface area contributed by atoms with E-state index in [-0.39, 0.29) is 18.0 Å². The van der Waals surface area contributed by atoms with Gasteiger partial charge in [0.05, 0.1) is 11.4 Å². The number of nitrogens with zero attached hydrogens (tertiary/aromatic N) is 1. The van der Waals surface area contributed by atoms with Gasteiger partial charge in [-0.15, -0.1) is 0 Å². The van der Waals surface area contributed by atoms with Crippen molar-refractivity contribution in [3.63, 3.8) is 0 Å². The normalized spacial score (nSPS) is 10.7. The van der Waals surface area contributed by atoms with Gasteiger partial charge in [-0.3, -0.25) is 9.89 Å². The van der Waals surface area contributed by atoms with Crippen LogP contribution >= 0.6 is 0 Å². The number of aromatic nitrogens is 2. The molecule has 0 atom stereocenters. The lowest BCUT2D eigenvalue weighted by Crippen LogP contribution is -2.23. The number of nitrogens with one attached hydrogen (secondary N) is 2. The molecule has 0 unspecified atom stereocenters. The molecule has 0 saturated carbocycles. The summed E-state index contributed by atoms with van der Waals surface area (Å²) in [5, 5.41) is 9.97. The van der Waals surface area contributed by atoms with Gasteiger partial charge < -0.3 is 5.32 Å². The molecule has 1 aromatic heterocycles. The molecule has 4 aromatic rings. The number of aromatic amines is 1. The summed E-state index contributed by atoms with van der Waals surface area (Å²) in [4.78, 5) is 12.3. The zero-order chi connectivity index (χ0) is 20.2. The molecule has 0 aliphatic heterocycles. The van der Waals surface area contributed by atoms with Crippen LogP contribution in [0.1, 0.15) is 15.9 Å². The zero-order valence-electron chi connectivity index (χ0n) is 15.3. The van der Waals surface area contributed by atoms with Gasteiger partial charge in [-0.05, 0) is 29.8 Å². The Morgan fingerprint density at radius 1 is 0.897 bits per heavy atom. The van der Waals surface area contributed by atoms with E-state index >= 15 is 0 Å². The highest BCUT2D eigenvalue weighted by Gasteiger charge is 2.10. The zero-order valence-corrected chi connectivity index (χ0v) is 15.3. The van der Waals surface area contributed by atoms with Crippen molar-refractivity contribution < 1.29 is 13.6 Å². The van der Waals surface area contributed by atoms with E-state index in [0.717, 1.165) is 34.6 Å². The van der Waals surface area contributed by atoms with Gasteiger partial charge in [0.1, 0.15) is 11.6 Å². The molecule has 1 amide bonds. The lowest BCUT2D eigenvalue weighted by atomic mass is 10.1. The smallest absolute Gasteiger partial charge is 0.251 e. The number of carbonyl (C=O) groups excluding carboxylic acids is 1. The second kappa shape index (κ2) is 8.06. The highest BCUT2D eigenvalue weighted by atomic mass is 19.1. The van der Waals surface area contributed by atoms with Crippen LogP contribution in [0.3, 0.4) is 0 Å². The van der Waals surface area contributed by atoms with E-state index in [1.54, 1.807) is 12.1 Å². The number of amides is 1. The van der Waals surface area contributed by atoms with Crippen LogP contribution in [-0.2, 0) is 6.54 Å². The lowest BCUT2D eigenvalue weighted by Gasteiger charge is -2.07. The Kier molecular flexibility index (Phi) is 5.16. The Bertz CT molecular complexity index is 1140. The van der Waals surface area contributed by atoms with E-state index in [4.69, 9.17) is 0 Å². The molecule has 4 rings (SSSR count). The molecule has 0 fully saturated rings. The summed E-state index contributed by atoms with van der Waals surface area (Å²) in [6, 6.07) is 22.1. The predicted molar refractivity (Wildman–Crippen MR) is 107 cm³/mol. The van der Waals surface area contributed by atoms with Gasteiger partial charge >= 0.3 is 0 Å². The molecule has 1 heterocycles. The Hall–Kier alpha value is -3.80. The monoisotopic (exact) mass is 389 g/mol. The third-order valence-electron chi connectivity index (χ3n) is 4.56. The minimum absolute atomic E-state index is 0.0202.